The Morgan fingerprint density at radius 2 is 2.07 bits per heavy atom. The zero-order valence-corrected chi connectivity index (χ0v) is 12.6. The molecule has 0 aromatic heterocycles. The molecule has 1 radical (unpaired) electrons. The Bertz CT molecular complexity index is 335. The second kappa shape index (κ2) is 6.52. The van der Waals surface area contributed by atoms with Crippen molar-refractivity contribution in [1.82, 2.24) is 0 Å². The summed E-state index contributed by atoms with van der Waals surface area (Å²) in [5.74, 6) is -0.192. The molecule has 73 valence electrons. The minimum absolute atomic E-state index is 0.192. The number of rotatable bonds is 3. The predicted octanol–water partition coefficient (Wildman–Crippen LogP) is 2.13. The Hall–Kier alpha value is 0.0561. The molecule has 1 rings (SSSR count). The molecule has 0 spiro atoms. The maximum absolute atomic E-state index is 11.0. The van der Waals surface area contributed by atoms with Gasteiger partial charge in [-0.3, -0.25) is 0 Å². The number of benzene rings is 1. The van der Waals surface area contributed by atoms with E-state index in [0.29, 0.717) is 7.85 Å². The molecule has 0 unspecified atom stereocenters. The summed E-state index contributed by atoms with van der Waals surface area (Å²) < 4.78 is 6.15. The molecular weight excluding hydrogens is 488 g/mol. The van der Waals surface area contributed by atoms with E-state index in [9.17, 15) is 4.79 Å². The van der Waals surface area contributed by atoms with E-state index in [0.717, 1.165) is 30.6 Å². The summed E-state index contributed by atoms with van der Waals surface area (Å²) in [6, 6.07) is 9.81. The van der Waals surface area contributed by atoms with Gasteiger partial charge in [0.1, 0.15) is 0 Å². The number of hydrogen-bond acceptors (Lipinski definition) is 2. The van der Waals surface area contributed by atoms with Crippen molar-refractivity contribution in [3.8, 4) is 0 Å². The second-order valence-corrected chi connectivity index (χ2v) is 4.81. The Kier molecular flexibility index (Phi) is 5.65. The summed E-state index contributed by atoms with van der Waals surface area (Å²) >= 11 is 3.14. The van der Waals surface area contributed by atoms with E-state index in [-0.39, 0.29) is 5.97 Å². The average Bonchev–Trinajstić information content (AvgIpc) is 2.19. The summed E-state index contributed by atoms with van der Waals surface area (Å²) in [6.45, 7) is 0. The van der Waals surface area contributed by atoms with Crippen LogP contribution in [0.3, 0.4) is 0 Å². The first-order valence-corrected chi connectivity index (χ1v) is 7.04. The topological polar surface area (TPSA) is 26.3 Å². The molecule has 0 saturated carbocycles. The average molecular weight is 496 g/mol. The van der Waals surface area contributed by atoms with Gasteiger partial charge in [0.2, 0.25) is 0 Å². The monoisotopic (exact) mass is 496 g/mol. The molecule has 0 saturated heterocycles. The van der Waals surface area contributed by atoms with Crippen molar-refractivity contribution < 1.29 is 9.53 Å². The molecule has 0 aliphatic heterocycles. The van der Waals surface area contributed by atoms with Crippen molar-refractivity contribution in [2.45, 2.75) is 0 Å². The van der Waals surface area contributed by atoms with Gasteiger partial charge in [0.25, 0.3) is 0 Å². The summed E-state index contributed by atoms with van der Waals surface area (Å²) in [5, 5.41) is 0. The zero-order valence-electron chi connectivity index (χ0n) is 7.27. The quantitative estimate of drug-likeness (QED) is 0.278. The molecule has 0 bridgehead atoms. The Morgan fingerprint density at radius 3 is 2.64 bits per heavy atom. The van der Waals surface area contributed by atoms with Crippen molar-refractivity contribution in [3.63, 3.8) is 0 Å². The van der Waals surface area contributed by atoms with E-state index >= 15 is 0 Å². The van der Waals surface area contributed by atoms with Crippen LogP contribution in [-0.2, 0) is 9.53 Å². The maximum atomic E-state index is 11.0. The zero-order chi connectivity index (χ0) is 10.4. The van der Waals surface area contributed by atoms with Crippen LogP contribution in [0.4, 0.5) is 0 Å². The molecule has 0 aliphatic rings. The number of hydrogen-bond donors (Lipinski definition) is 0. The van der Waals surface area contributed by atoms with Crippen molar-refractivity contribution in [1.29, 1.82) is 0 Å². The number of carbonyl (C=O) groups excluding carboxylic acids is 1. The van der Waals surface area contributed by atoms with Gasteiger partial charge in [-0.15, -0.1) is 0 Å². The van der Waals surface area contributed by atoms with Crippen LogP contribution in [-0.4, -0.2) is 35.5 Å². The van der Waals surface area contributed by atoms with E-state index in [4.69, 9.17) is 4.74 Å². The van der Waals surface area contributed by atoms with Crippen LogP contribution in [0.2, 0.25) is 0 Å². The standard InChI is InChI=1S/C10H8IO2.Po/c11-8-10(12)13-7-6-9-4-2-1-3-5-9;/h1-6H,8H2;. The van der Waals surface area contributed by atoms with Crippen LogP contribution in [0.15, 0.2) is 33.7 Å². The summed E-state index contributed by atoms with van der Waals surface area (Å²) in [4.78, 5) is 11.0. The SMILES string of the molecule is O=C(CI)O/[C]([Po])=C/c1ccccc1. The van der Waals surface area contributed by atoms with E-state index in [1.165, 1.54) is 0 Å². The van der Waals surface area contributed by atoms with Crippen molar-refractivity contribution in [2.75, 3.05) is 4.43 Å². The molecule has 4 heteroatoms. The number of ether oxygens (including phenoxy) is 1. The van der Waals surface area contributed by atoms with Crippen molar-refractivity contribution in [2.24, 2.45) is 0 Å². The second-order valence-electron chi connectivity index (χ2n) is 2.48. The summed E-state index contributed by atoms with van der Waals surface area (Å²) in [7, 11) is 0. The molecule has 0 amide bonds. The van der Waals surface area contributed by atoms with Gasteiger partial charge in [0, 0.05) is 0 Å². The molecule has 0 atom stereocenters. The Morgan fingerprint density at radius 1 is 1.43 bits per heavy atom. The molecule has 14 heavy (non-hydrogen) atoms. The fourth-order valence-electron chi connectivity index (χ4n) is 0.854. The van der Waals surface area contributed by atoms with E-state index in [2.05, 4.69) is 0 Å². The molecule has 0 heterocycles. The van der Waals surface area contributed by atoms with Crippen LogP contribution in [0.25, 0.3) is 6.08 Å². The van der Waals surface area contributed by atoms with Gasteiger partial charge in [-0.25, -0.2) is 0 Å². The molecule has 1 aromatic rings. The van der Waals surface area contributed by atoms with Gasteiger partial charge in [-0.05, 0) is 0 Å². The van der Waals surface area contributed by atoms with Gasteiger partial charge < -0.3 is 0 Å². The molecule has 0 aliphatic carbocycles. The van der Waals surface area contributed by atoms with Crippen LogP contribution in [0.1, 0.15) is 5.56 Å². The number of halogens is 1. The fraction of sp³-hybridized carbons (Fsp3) is 0.100. The summed E-state index contributed by atoms with van der Waals surface area (Å²) in [6.07, 6.45) is 1.87. The summed E-state index contributed by atoms with van der Waals surface area (Å²) in [5.41, 5.74) is 1.05. The number of carbonyl (C=O) groups is 1. The molecule has 1 aromatic carbocycles. The first kappa shape index (κ1) is 12.1. The van der Waals surface area contributed by atoms with Crippen LogP contribution in [0, 0.1) is 0 Å². The van der Waals surface area contributed by atoms with E-state index in [1.54, 1.807) is 0 Å². The third-order valence-corrected chi connectivity index (χ3v) is 2.81. The van der Waals surface area contributed by atoms with E-state index in [1.807, 2.05) is 59.0 Å². The number of esters is 1. The van der Waals surface area contributed by atoms with Gasteiger partial charge >= 0.3 is 113 Å². The van der Waals surface area contributed by atoms with Gasteiger partial charge in [0.05, 0.1) is 0 Å². The Balaban J connectivity index is 2.65. The third kappa shape index (κ3) is 4.52. The van der Waals surface area contributed by atoms with Gasteiger partial charge in [0.15, 0.2) is 0 Å². The van der Waals surface area contributed by atoms with Crippen LogP contribution < -0.4 is 0 Å². The Labute approximate surface area is 112 Å². The van der Waals surface area contributed by atoms with Crippen molar-refractivity contribution >= 4 is 59.7 Å². The first-order valence-electron chi connectivity index (χ1n) is 3.93. The molecule has 0 N–H and O–H groups in total. The fourth-order valence-corrected chi connectivity index (χ4v) is 1.90. The van der Waals surface area contributed by atoms with Crippen LogP contribution >= 0.6 is 22.6 Å². The molecule has 2 nitrogen and oxygen atoms in total. The van der Waals surface area contributed by atoms with E-state index < -0.39 is 0 Å². The van der Waals surface area contributed by atoms with Crippen LogP contribution in [0.5, 0.6) is 0 Å². The predicted molar refractivity (Wildman–Crippen MR) is 65.2 cm³/mol. The molecular formula is C10H8IO2Po. The van der Waals surface area contributed by atoms with Crippen molar-refractivity contribution in [3.05, 3.63) is 39.3 Å². The van der Waals surface area contributed by atoms with Gasteiger partial charge in [-0.2, -0.15) is 0 Å². The third-order valence-electron chi connectivity index (χ3n) is 1.41. The number of alkyl halides is 1. The minimum atomic E-state index is -0.192. The first-order chi connectivity index (χ1) is 6.72. The van der Waals surface area contributed by atoms with Gasteiger partial charge in [-0.1, -0.05) is 0 Å². The normalized spacial score (nSPS) is 11.1. The molecule has 0 fully saturated rings.